The van der Waals surface area contributed by atoms with E-state index in [0.29, 0.717) is 47.2 Å². The van der Waals surface area contributed by atoms with E-state index in [1.54, 1.807) is 109 Å². The molecule has 13 unspecified atom stereocenters. The van der Waals surface area contributed by atoms with Crippen LogP contribution < -0.4 is 64.6 Å². The zero-order valence-corrected chi connectivity index (χ0v) is 62.1. The summed E-state index contributed by atoms with van der Waals surface area (Å²) in [4.78, 5) is 162. The molecule has 1 heterocycles. The number of carbonyl (C=O) groups is 11. The van der Waals surface area contributed by atoms with Crippen LogP contribution in [0.3, 0.4) is 0 Å². The third-order valence-corrected chi connectivity index (χ3v) is 20.4. The summed E-state index contributed by atoms with van der Waals surface area (Å²) in [6.07, 6.45) is -3.62. The number of aliphatic hydroxyl groups excluding tert-OH is 3. The van der Waals surface area contributed by atoms with Crippen LogP contribution in [-0.4, -0.2) is 207 Å². The van der Waals surface area contributed by atoms with Gasteiger partial charge in [-0.25, -0.2) is 4.79 Å². The van der Waals surface area contributed by atoms with Gasteiger partial charge in [0.25, 0.3) is 0 Å². The fraction of sp³-hybridized carbons (Fsp3) is 0.416. The number of nitrogens with two attached hydrogens (primary N) is 2. The van der Waals surface area contributed by atoms with Gasteiger partial charge in [-0.15, -0.1) is 0 Å². The van der Waals surface area contributed by atoms with Crippen molar-refractivity contribution in [1.82, 2.24) is 58.1 Å². The number of carboxylic acids is 1. The Morgan fingerprint density at radius 1 is 0.467 bits per heavy atom. The first-order chi connectivity index (χ1) is 51.2. The smallest absolute Gasteiger partial charge is 0.327 e. The molecule has 0 radical (unpaired) electrons. The Balaban J connectivity index is 1.33. The highest BCUT2D eigenvalue weighted by atomic mass is 33.1. The summed E-state index contributed by atoms with van der Waals surface area (Å²) in [7, 11) is 3.05. The minimum atomic E-state index is -1.91. The second-order valence-corrected chi connectivity index (χ2v) is 29.4. The number of amides is 10. The second-order valence-electron chi connectivity index (χ2n) is 26.8. The molecule has 30 heteroatoms. The van der Waals surface area contributed by atoms with Gasteiger partial charge in [-0.2, -0.15) is 0 Å². The fourth-order valence-corrected chi connectivity index (χ4v) is 14.0. The second kappa shape index (κ2) is 42.5. The highest BCUT2D eigenvalue weighted by molar-refractivity contribution is 8.76. The molecule has 1 saturated heterocycles. The maximum absolute atomic E-state index is 15.6. The fourth-order valence-electron chi connectivity index (χ4n) is 11.7. The van der Waals surface area contributed by atoms with Gasteiger partial charge in [0.05, 0.1) is 24.9 Å². The Morgan fingerprint density at radius 3 is 1.37 bits per heavy atom. The van der Waals surface area contributed by atoms with Gasteiger partial charge in [0, 0.05) is 63.2 Å². The summed E-state index contributed by atoms with van der Waals surface area (Å²) >= 11 is 0. The summed E-state index contributed by atoms with van der Waals surface area (Å²) in [5, 5.41) is 72.0. The number of fused-ring (bicyclic) bond motifs is 1. The molecule has 6 aromatic rings. The van der Waals surface area contributed by atoms with E-state index in [0.717, 1.165) is 49.7 Å². The molecule has 6 aromatic carbocycles. The van der Waals surface area contributed by atoms with Gasteiger partial charge in [0.15, 0.2) is 0 Å². The number of aliphatic hydroxyl groups is 3. The van der Waals surface area contributed by atoms with E-state index in [4.69, 9.17) is 11.5 Å². The molecule has 0 saturated carbocycles. The zero-order chi connectivity index (χ0) is 77.7. The number of nitrogens with zero attached hydrogens (tertiary/aromatic N) is 1. The maximum Gasteiger partial charge on any atom is 0.327 e. The van der Waals surface area contributed by atoms with Crippen LogP contribution in [0.4, 0.5) is 0 Å². The van der Waals surface area contributed by atoms with E-state index in [9.17, 15) is 49.2 Å². The van der Waals surface area contributed by atoms with Crippen molar-refractivity contribution in [1.29, 1.82) is 0 Å². The van der Waals surface area contributed by atoms with Gasteiger partial charge < -0.3 is 90.0 Å². The lowest BCUT2D eigenvalue weighted by Crippen LogP contribution is -2.63. The van der Waals surface area contributed by atoms with Crippen LogP contribution >= 0.6 is 21.6 Å². The number of nitrogens with one attached hydrogen (secondary N) is 10. The Hall–Kier alpha value is -9.79. The van der Waals surface area contributed by atoms with Gasteiger partial charge in [-0.1, -0.05) is 193 Å². The molecule has 1 aliphatic rings. The largest absolute Gasteiger partial charge is 0.480 e. The summed E-state index contributed by atoms with van der Waals surface area (Å²) in [6.45, 7) is 5.96. The highest BCUT2D eigenvalue weighted by Gasteiger charge is 2.40. The lowest BCUT2D eigenvalue weighted by atomic mass is 9.98. The minimum Gasteiger partial charge on any atom is -0.480 e. The number of carbonyl (C=O) groups excluding carboxylic acids is 10. The summed E-state index contributed by atoms with van der Waals surface area (Å²) < 4.78 is 0. The quantitative estimate of drug-likeness (QED) is 0.0349. The summed E-state index contributed by atoms with van der Waals surface area (Å²) in [5.74, 6) is -11.8. The van der Waals surface area contributed by atoms with E-state index < -0.39 is 150 Å². The van der Waals surface area contributed by atoms with Gasteiger partial charge >= 0.3 is 5.97 Å². The number of benzene rings is 6. The molecule has 10 amide bonds. The molecular formula is C77H99N13O15S2. The van der Waals surface area contributed by atoms with Crippen molar-refractivity contribution in [2.45, 2.75) is 170 Å². The van der Waals surface area contributed by atoms with E-state index >= 15 is 24.0 Å². The molecule has 1 aliphatic heterocycles. The molecule has 7 rings (SSSR count). The molecule has 28 nitrogen and oxygen atoms in total. The van der Waals surface area contributed by atoms with E-state index in [2.05, 4.69) is 53.2 Å². The van der Waals surface area contributed by atoms with Gasteiger partial charge in [-0.05, 0) is 83.8 Å². The van der Waals surface area contributed by atoms with Crippen LogP contribution in [0.25, 0.3) is 10.8 Å². The predicted molar refractivity (Wildman–Crippen MR) is 408 cm³/mol. The predicted octanol–water partition coefficient (Wildman–Crippen LogP) is 0.731. The van der Waals surface area contributed by atoms with Gasteiger partial charge in [0.2, 0.25) is 59.1 Å². The Labute approximate surface area is 630 Å². The first-order valence-electron chi connectivity index (χ1n) is 35.5. The Kier molecular flexibility index (Phi) is 33.6. The number of rotatable bonds is 21. The Morgan fingerprint density at radius 2 is 0.879 bits per heavy atom. The Bertz CT molecular complexity index is 3960. The first kappa shape index (κ1) is 84.5. The van der Waals surface area contributed by atoms with Crippen molar-refractivity contribution < 1.29 is 73.2 Å². The molecule has 0 bridgehead atoms. The SMILES string of the molecule is CC(C)NCc1ccc(CC2NC(=O)C(Cc3ccc4ccccc4c3)NC(=O)C(Cc3ccccc3)NC(=O)C(Cc3ccccc3)NC(=O)C(CCCCN)NC(=O)C(N)CSSCC(C(=O)O)NC(=O)C(CO)NC(=O)C(C(C)O)NC(=O)C(Cc3ccccc3)N(C)C(=O)C(C(C)O)NC2=O)cc1. The average Bonchev–Trinajstić information content (AvgIpc) is 0.826. The molecule has 0 spiro atoms. The third-order valence-electron chi connectivity index (χ3n) is 17.9. The van der Waals surface area contributed by atoms with Crippen molar-refractivity contribution in [3.05, 3.63) is 191 Å². The molecule has 13 atom stereocenters. The maximum atomic E-state index is 15.6. The molecular weight excluding hydrogens is 1410 g/mol. The van der Waals surface area contributed by atoms with Crippen molar-refractivity contribution in [3.63, 3.8) is 0 Å². The van der Waals surface area contributed by atoms with Crippen LogP contribution in [-0.2, 0) is 91.4 Å². The lowest BCUT2D eigenvalue weighted by Gasteiger charge is -2.34. The van der Waals surface area contributed by atoms with Gasteiger partial charge in [0.1, 0.15) is 60.4 Å². The van der Waals surface area contributed by atoms with Crippen LogP contribution in [0.2, 0.25) is 0 Å². The molecule has 0 aromatic heterocycles. The number of aliphatic carboxylic acids is 1. The highest BCUT2D eigenvalue weighted by Crippen LogP contribution is 2.24. The normalized spacial score (nSPS) is 23.6. The monoisotopic (exact) mass is 1510 g/mol. The standard InChI is InChI=1S/C77H99N13O15S2/c1-45(2)80-41-52-30-28-51(29-31-52)38-60-72(99)89-66(47(4)93)76(103)90(5)64(40-50-23-13-8-14-24-50)74(101)88-65(46(3)92)75(102)86-62(42-91)73(100)87-63(77(104)105)44-107-106-43-56(79)67(94)81-57(27-17-18-34-78)68(95)82-58(36-48-19-9-6-10-20-48)69(96)83-59(37-49-21-11-7-12-22-49)70(97)85-61(71(98)84-60)39-53-32-33-54-25-15-16-26-55(54)35-53/h6-16,19-26,28-33,35,45-47,56-66,80,91-93H,17-18,27,34,36-44,78-79H2,1-5H3,(H,81,94)(H,82,95)(H,83,96)(H,84,98)(H,85,97)(H,86,102)(H,87,100)(H,88,101)(H,89,99)(H,104,105). The number of hydrogen-bond acceptors (Lipinski definition) is 19. The summed E-state index contributed by atoms with van der Waals surface area (Å²) in [5.41, 5.74) is 15.9. The van der Waals surface area contributed by atoms with Crippen molar-refractivity contribution in [2.75, 3.05) is 31.7 Å². The molecule has 1 fully saturated rings. The number of unbranched alkanes of at least 4 members (excludes halogenated alkanes) is 1. The molecule has 18 N–H and O–H groups in total. The topological polar surface area (TPSA) is 444 Å². The van der Waals surface area contributed by atoms with E-state index in [-0.39, 0.29) is 62.6 Å². The molecule has 0 aliphatic carbocycles. The van der Waals surface area contributed by atoms with E-state index in [1.807, 2.05) is 62.4 Å². The zero-order valence-electron chi connectivity index (χ0n) is 60.5. The van der Waals surface area contributed by atoms with Crippen LogP contribution in [0.1, 0.15) is 80.3 Å². The number of hydrogen-bond donors (Lipinski definition) is 16. The van der Waals surface area contributed by atoms with Crippen LogP contribution in [0.5, 0.6) is 0 Å². The summed E-state index contributed by atoms with van der Waals surface area (Å²) in [6, 6.07) is 28.4. The van der Waals surface area contributed by atoms with Crippen LogP contribution in [0.15, 0.2) is 158 Å². The lowest BCUT2D eigenvalue weighted by molar-refractivity contribution is -0.145. The van der Waals surface area contributed by atoms with Crippen molar-refractivity contribution in [2.24, 2.45) is 11.5 Å². The van der Waals surface area contributed by atoms with E-state index in [1.165, 1.54) is 14.0 Å². The van der Waals surface area contributed by atoms with Crippen molar-refractivity contribution >= 4 is 97.4 Å². The average molecular weight is 1510 g/mol. The van der Waals surface area contributed by atoms with Gasteiger partial charge in [-0.3, -0.25) is 47.9 Å². The molecule has 107 heavy (non-hydrogen) atoms. The minimum absolute atomic E-state index is 0.0309. The third kappa shape index (κ3) is 26.6. The number of likely N-dealkylation sites (N-methyl/N-ethyl adjacent to an activating group) is 1. The molecule has 574 valence electrons. The number of carboxylic acid groups (broad SMARTS) is 1. The van der Waals surface area contributed by atoms with Crippen LogP contribution in [0, 0.1) is 0 Å². The van der Waals surface area contributed by atoms with Crippen molar-refractivity contribution in [3.8, 4) is 0 Å². The first-order valence-corrected chi connectivity index (χ1v) is 38.0.